The van der Waals surface area contributed by atoms with Crippen LogP contribution in [0, 0.1) is 0 Å². The molecule has 0 saturated carbocycles. The van der Waals surface area contributed by atoms with E-state index in [4.69, 9.17) is 0 Å². The van der Waals surface area contributed by atoms with E-state index >= 15 is 0 Å². The van der Waals surface area contributed by atoms with Gasteiger partial charge in [0.1, 0.15) is 0 Å². The van der Waals surface area contributed by atoms with Crippen molar-refractivity contribution in [3.8, 4) is 0 Å². The summed E-state index contributed by atoms with van der Waals surface area (Å²) in [4.78, 5) is 0.375. The van der Waals surface area contributed by atoms with Crippen LogP contribution in [0.1, 0.15) is 29.2 Å². The lowest BCUT2D eigenvalue weighted by Crippen LogP contribution is -2.24. The number of nitrogens with one attached hydrogen (secondary N) is 2. The van der Waals surface area contributed by atoms with E-state index in [0.717, 1.165) is 24.2 Å². The number of halogens is 1. The van der Waals surface area contributed by atoms with Gasteiger partial charge in [-0.1, -0.05) is 43.3 Å². The lowest BCUT2D eigenvalue weighted by atomic mass is 10.1. The third kappa shape index (κ3) is 3.93. The number of hydrogen-bond acceptors (Lipinski definition) is 3. The van der Waals surface area contributed by atoms with Crippen molar-refractivity contribution < 1.29 is 8.42 Å². The monoisotopic (exact) mass is 352 g/mol. The third-order valence-corrected chi connectivity index (χ3v) is 5.51. The van der Waals surface area contributed by atoms with E-state index in [0.29, 0.717) is 17.9 Å². The average Bonchev–Trinajstić information content (AvgIpc) is 3.00. The minimum Gasteiger partial charge on any atom is -0.309 e. The molecule has 1 aliphatic heterocycles. The van der Waals surface area contributed by atoms with Gasteiger partial charge in [-0.15, -0.1) is 12.4 Å². The zero-order valence-electron chi connectivity index (χ0n) is 13.0. The summed E-state index contributed by atoms with van der Waals surface area (Å²) in [5, 5.41) is 3.29. The Bertz CT molecular complexity index is 791. The van der Waals surface area contributed by atoms with Gasteiger partial charge in [0.25, 0.3) is 0 Å². The Morgan fingerprint density at radius 3 is 2.61 bits per heavy atom. The van der Waals surface area contributed by atoms with Crippen molar-refractivity contribution >= 4 is 22.4 Å². The summed E-state index contributed by atoms with van der Waals surface area (Å²) in [6.45, 7) is 4.02. The molecule has 124 valence electrons. The standard InChI is InChI=1S/C17H20N2O2S.ClH/c1-2-14-5-3-4-6-17(14)22(20,21)19-10-13-7-8-15-11-18-12-16(15)9-13;/h3-9,18-19H,2,10-12H2,1H3;1H. The van der Waals surface area contributed by atoms with Gasteiger partial charge in [0, 0.05) is 19.6 Å². The SMILES string of the molecule is CCc1ccccc1S(=O)(=O)NCc1ccc2c(c1)CNC2.Cl. The van der Waals surface area contributed by atoms with Crippen molar-refractivity contribution in [3.05, 3.63) is 64.7 Å². The Labute approximate surface area is 143 Å². The molecule has 1 aliphatic rings. The van der Waals surface area contributed by atoms with Gasteiger partial charge in [-0.25, -0.2) is 13.1 Å². The normalized spacial score (nSPS) is 13.4. The minimum absolute atomic E-state index is 0. The lowest BCUT2D eigenvalue weighted by molar-refractivity contribution is 0.580. The molecular weight excluding hydrogens is 332 g/mol. The minimum atomic E-state index is -3.48. The van der Waals surface area contributed by atoms with Crippen molar-refractivity contribution in [3.63, 3.8) is 0 Å². The Kier molecular flexibility index (Phi) is 5.81. The molecule has 0 spiro atoms. The number of sulfonamides is 1. The molecule has 0 bridgehead atoms. The van der Waals surface area contributed by atoms with Crippen molar-refractivity contribution in [1.82, 2.24) is 10.0 Å². The molecule has 2 aromatic rings. The Balaban J connectivity index is 0.00000192. The van der Waals surface area contributed by atoms with Crippen LogP contribution in [0.25, 0.3) is 0 Å². The highest BCUT2D eigenvalue weighted by Gasteiger charge is 2.17. The average molecular weight is 353 g/mol. The first-order chi connectivity index (χ1) is 10.6. The van der Waals surface area contributed by atoms with Crippen LogP contribution < -0.4 is 10.0 Å². The summed E-state index contributed by atoms with van der Waals surface area (Å²) in [5.41, 5.74) is 4.38. The lowest BCUT2D eigenvalue weighted by Gasteiger charge is -2.11. The fraction of sp³-hybridized carbons (Fsp3) is 0.294. The molecular formula is C17H21ClN2O2S. The summed E-state index contributed by atoms with van der Waals surface area (Å²) < 4.78 is 27.7. The van der Waals surface area contributed by atoms with Crippen LogP contribution in [0.15, 0.2) is 47.4 Å². The smallest absolute Gasteiger partial charge is 0.241 e. The quantitative estimate of drug-likeness (QED) is 0.870. The topological polar surface area (TPSA) is 58.2 Å². The summed E-state index contributed by atoms with van der Waals surface area (Å²) in [5.74, 6) is 0. The van der Waals surface area contributed by atoms with Crippen LogP contribution in [-0.2, 0) is 36.1 Å². The van der Waals surface area contributed by atoms with Gasteiger partial charge in [0.05, 0.1) is 4.90 Å². The molecule has 0 amide bonds. The van der Waals surface area contributed by atoms with Crippen LogP contribution in [-0.4, -0.2) is 8.42 Å². The van der Waals surface area contributed by atoms with Gasteiger partial charge in [-0.3, -0.25) is 0 Å². The summed E-state index contributed by atoms with van der Waals surface area (Å²) >= 11 is 0. The van der Waals surface area contributed by atoms with Gasteiger partial charge < -0.3 is 5.32 Å². The maximum Gasteiger partial charge on any atom is 0.241 e. The molecule has 4 nitrogen and oxygen atoms in total. The Morgan fingerprint density at radius 2 is 1.83 bits per heavy atom. The number of hydrogen-bond donors (Lipinski definition) is 2. The highest BCUT2D eigenvalue weighted by Crippen LogP contribution is 2.19. The molecule has 0 unspecified atom stereocenters. The van der Waals surface area contributed by atoms with Crippen LogP contribution >= 0.6 is 12.4 Å². The van der Waals surface area contributed by atoms with Crippen LogP contribution in [0.2, 0.25) is 0 Å². The number of rotatable bonds is 5. The molecule has 6 heteroatoms. The van der Waals surface area contributed by atoms with E-state index in [2.05, 4.69) is 22.2 Å². The molecule has 23 heavy (non-hydrogen) atoms. The molecule has 2 aromatic carbocycles. The molecule has 3 rings (SSSR count). The van der Waals surface area contributed by atoms with Crippen molar-refractivity contribution in [2.24, 2.45) is 0 Å². The Morgan fingerprint density at radius 1 is 1.09 bits per heavy atom. The molecule has 0 saturated heterocycles. The Hall–Kier alpha value is -1.40. The summed E-state index contributed by atoms with van der Waals surface area (Å²) in [6, 6.07) is 13.3. The van der Waals surface area contributed by atoms with E-state index in [-0.39, 0.29) is 12.4 Å². The second kappa shape index (κ2) is 7.45. The molecule has 2 N–H and O–H groups in total. The highest BCUT2D eigenvalue weighted by molar-refractivity contribution is 7.89. The van der Waals surface area contributed by atoms with E-state index in [1.165, 1.54) is 11.1 Å². The second-order valence-electron chi connectivity index (χ2n) is 5.49. The number of aryl methyl sites for hydroxylation is 1. The van der Waals surface area contributed by atoms with Gasteiger partial charge in [0.2, 0.25) is 10.0 Å². The fourth-order valence-corrected chi connectivity index (χ4v) is 4.10. The third-order valence-electron chi connectivity index (χ3n) is 4.01. The van der Waals surface area contributed by atoms with E-state index in [1.807, 2.05) is 25.1 Å². The van der Waals surface area contributed by atoms with Crippen LogP contribution in [0.4, 0.5) is 0 Å². The van der Waals surface area contributed by atoms with Crippen molar-refractivity contribution in [2.75, 3.05) is 0 Å². The number of benzene rings is 2. The van der Waals surface area contributed by atoms with Gasteiger partial charge in [-0.05, 0) is 34.7 Å². The van der Waals surface area contributed by atoms with Crippen LogP contribution in [0.3, 0.4) is 0 Å². The molecule has 0 fully saturated rings. The van der Waals surface area contributed by atoms with Gasteiger partial charge in [0.15, 0.2) is 0 Å². The zero-order valence-corrected chi connectivity index (χ0v) is 14.6. The van der Waals surface area contributed by atoms with Crippen molar-refractivity contribution in [1.29, 1.82) is 0 Å². The van der Waals surface area contributed by atoms with Crippen molar-refractivity contribution in [2.45, 2.75) is 37.9 Å². The molecule has 0 radical (unpaired) electrons. The molecule has 1 heterocycles. The van der Waals surface area contributed by atoms with E-state index in [9.17, 15) is 8.42 Å². The maximum absolute atomic E-state index is 12.5. The van der Waals surface area contributed by atoms with Crippen LogP contribution in [0.5, 0.6) is 0 Å². The molecule has 0 atom stereocenters. The van der Waals surface area contributed by atoms with E-state index < -0.39 is 10.0 Å². The summed E-state index contributed by atoms with van der Waals surface area (Å²) in [7, 11) is -3.48. The number of fused-ring (bicyclic) bond motifs is 1. The first-order valence-corrected chi connectivity index (χ1v) is 8.97. The first kappa shape index (κ1) is 17.9. The van der Waals surface area contributed by atoms with Gasteiger partial charge >= 0.3 is 0 Å². The highest BCUT2D eigenvalue weighted by atomic mass is 35.5. The molecule has 0 aliphatic carbocycles. The molecule has 0 aromatic heterocycles. The predicted molar refractivity (Wildman–Crippen MR) is 94.1 cm³/mol. The first-order valence-electron chi connectivity index (χ1n) is 7.49. The van der Waals surface area contributed by atoms with E-state index in [1.54, 1.807) is 12.1 Å². The largest absolute Gasteiger partial charge is 0.309 e. The zero-order chi connectivity index (χ0) is 15.6. The summed E-state index contributed by atoms with van der Waals surface area (Å²) in [6.07, 6.45) is 0.696. The predicted octanol–water partition coefficient (Wildman–Crippen LogP) is 2.75. The second-order valence-corrected chi connectivity index (χ2v) is 7.23. The van der Waals surface area contributed by atoms with Gasteiger partial charge in [-0.2, -0.15) is 0 Å². The maximum atomic E-state index is 12.5. The fourth-order valence-electron chi connectivity index (χ4n) is 2.77.